The number of carbonyl (C=O) groups is 2. The van der Waals surface area contributed by atoms with Crippen LogP contribution < -0.4 is 10.6 Å². The Morgan fingerprint density at radius 3 is 2.64 bits per heavy atom. The van der Waals surface area contributed by atoms with E-state index in [2.05, 4.69) is 44.4 Å². The number of fused-ring (bicyclic) bond motifs is 7. The van der Waals surface area contributed by atoms with Crippen molar-refractivity contribution in [1.82, 2.24) is 10.6 Å². The first kappa shape index (κ1) is 27.7. The molecule has 39 heavy (non-hydrogen) atoms. The Kier molecular flexibility index (Phi) is 7.20. The third kappa shape index (κ3) is 4.50. The molecule has 0 aromatic rings. The summed E-state index contributed by atoms with van der Waals surface area (Å²) in [7, 11) is 0. The highest BCUT2D eigenvalue weighted by atomic mass is 16.7. The molecule has 11 atom stereocenters. The third-order valence-corrected chi connectivity index (χ3v) is 12.5. The van der Waals surface area contributed by atoms with Gasteiger partial charge in [-0.15, -0.1) is 0 Å². The van der Waals surface area contributed by atoms with E-state index in [4.69, 9.17) is 14.6 Å². The maximum Gasteiger partial charge on any atom is 0.229 e. The summed E-state index contributed by atoms with van der Waals surface area (Å²) in [6, 6.07) is 0.0994. The van der Waals surface area contributed by atoms with Crippen LogP contribution in [0.3, 0.4) is 0 Å². The topological polar surface area (TPSA) is 96.9 Å². The fourth-order valence-corrected chi connectivity index (χ4v) is 10.5. The molecule has 0 radical (unpaired) electrons. The number of aliphatic hydroxyl groups is 1. The molecule has 0 aromatic carbocycles. The lowest BCUT2D eigenvalue weighted by atomic mass is 9.46. The van der Waals surface area contributed by atoms with E-state index in [-0.39, 0.29) is 48.6 Å². The van der Waals surface area contributed by atoms with E-state index in [1.165, 1.54) is 31.3 Å². The number of hydrogen-bond acceptors (Lipinski definition) is 5. The molecular weight excluding hydrogens is 492 g/mol. The van der Waals surface area contributed by atoms with Gasteiger partial charge in [-0.1, -0.05) is 39.3 Å². The molecule has 0 bridgehead atoms. The Labute approximate surface area is 234 Å². The highest BCUT2D eigenvalue weighted by Crippen LogP contribution is 2.70. The molecular formula is C32H50N2O5. The maximum atomic E-state index is 12.5. The highest BCUT2D eigenvalue weighted by Gasteiger charge is 2.68. The number of allylic oxidation sites excluding steroid dienone is 1. The molecule has 7 heteroatoms. The Balaban J connectivity index is 1.13. The van der Waals surface area contributed by atoms with Gasteiger partial charge >= 0.3 is 0 Å². The molecule has 3 saturated carbocycles. The molecule has 2 amide bonds. The van der Waals surface area contributed by atoms with E-state index in [1.54, 1.807) is 0 Å². The van der Waals surface area contributed by atoms with Crippen molar-refractivity contribution in [2.24, 2.45) is 46.3 Å². The summed E-state index contributed by atoms with van der Waals surface area (Å²) < 4.78 is 13.4. The fraction of sp³-hybridized carbons (Fsp3) is 0.875. The molecule has 4 aliphatic carbocycles. The number of carbonyl (C=O) groups excluding carboxylic acids is 2. The second-order valence-corrected chi connectivity index (χ2v) is 14.5. The first-order chi connectivity index (χ1) is 18.6. The molecule has 3 N–H and O–H groups in total. The average molecular weight is 543 g/mol. The molecule has 5 fully saturated rings. The van der Waals surface area contributed by atoms with Gasteiger partial charge in [-0.05, 0) is 91.8 Å². The molecule has 2 heterocycles. The first-order valence-corrected chi connectivity index (χ1v) is 15.8. The molecule has 2 saturated heterocycles. The smallest absolute Gasteiger partial charge is 0.229 e. The molecule has 0 aromatic heterocycles. The second kappa shape index (κ2) is 10.1. The summed E-state index contributed by atoms with van der Waals surface area (Å²) in [5.74, 6) is 2.90. The Bertz CT molecular complexity index is 1000. The van der Waals surface area contributed by atoms with E-state index in [1.807, 2.05) is 0 Å². The zero-order valence-corrected chi connectivity index (χ0v) is 24.5. The van der Waals surface area contributed by atoms with Crippen LogP contribution in [-0.2, 0) is 19.1 Å². The maximum absolute atomic E-state index is 12.5. The summed E-state index contributed by atoms with van der Waals surface area (Å²) in [5.41, 5.74) is 2.06. The molecule has 218 valence electrons. The Hall–Kier alpha value is -1.44. The standard InChI is InChI=1S/C32H50N2O5/c1-19-7-12-32(38-18-19)20(2)29-26(39-32)16-25-23-6-5-21-15-22(34-28(37)17-27(36)33-13-14-35)8-10-30(21,3)24(23)9-11-31(25,29)4/h5,19-20,22-26,29,35H,6-18H2,1-4H3,(H,33,36)(H,34,37)/t19-,20+,22?,23-,24+,25+,26+,29+,30+,31+,32-/m1/s1. The van der Waals surface area contributed by atoms with E-state index in [0.29, 0.717) is 47.0 Å². The van der Waals surface area contributed by atoms with Crippen LogP contribution in [-0.4, -0.2) is 54.6 Å². The predicted octanol–water partition coefficient (Wildman–Crippen LogP) is 4.34. The minimum Gasteiger partial charge on any atom is -0.395 e. The van der Waals surface area contributed by atoms with Crippen molar-refractivity contribution in [2.45, 2.75) is 110 Å². The van der Waals surface area contributed by atoms with Crippen LogP contribution in [0.1, 0.15) is 91.9 Å². The normalized spacial score (nSPS) is 48.4. The molecule has 6 aliphatic rings. The Morgan fingerprint density at radius 2 is 1.90 bits per heavy atom. The summed E-state index contributed by atoms with van der Waals surface area (Å²) in [6.45, 7) is 10.7. The van der Waals surface area contributed by atoms with Crippen molar-refractivity contribution >= 4 is 11.8 Å². The predicted molar refractivity (Wildman–Crippen MR) is 148 cm³/mol. The van der Waals surface area contributed by atoms with E-state index in [9.17, 15) is 9.59 Å². The van der Waals surface area contributed by atoms with Crippen molar-refractivity contribution in [3.8, 4) is 0 Å². The van der Waals surface area contributed by atoms with Gasteiger partial charge in [0.05, 0.1) is 19.3 Å². The van der Waals surface area contributed by atoms with E-state index >= 15 is 0 Å². The quantitative estimate of drug-likeness (QED) is 0.355. The summed E-state index contributed by atoms with van der Waals surface area (Å²) in [4.78, 5) is 24.4. The summed E-state index contributed by atoms with van der Waals surface area (Å²) >= 11 is 0. The molecule has 1 unspecified atom stereocenters. The average Bonchev–Trinajstić information content (AvgIpc) is 3.34. The van der Waals surface area contributed by atoms with Gasteiger partial charge in [-0.25, -0.2) is 0 Å². The lowest BCUT2D eigenvalue weighted by molar-refractivity contribution is -0.272. The minimum absolute atomic E-state index is 0.0994. The van der Waals surface area contributed by atoms with Gasteiger partial charge in [0.2, 0.25) is 11.8 Å². The number of ether oxygens (including phenoxy) is 2. The number of aliphatic hydroxyl groups excluding tert-OH is 1. The van der Waals surface area contributed by atoms with Crippen molar-refractivity contribution < 1.29 is 24.2 Å². The summed E-state index contributed by atoms with van der Waals surface area (Å²) in [6.07, 6.45) is 12.8. The number of hydrogen-bond donors (Lipinski definition) is 3. The molecule has 6 rings (SSSR count). The molecule has 7 nitrogen and oxygen atoms in total. The zero-order valence-electron chi connectivity index (χ0n) is 24.5. The first-order valence-electron chi connectivity index (χ1n) is 15.8. The summed E-state index contributed by atoms with van der Waals surface area (Å²) in [5, 5.41) is 14.6. The van der Waals surface area contributed by atoms with Crippen LogP contribution in [0.15, 0.2) is 11.6 Å². The van der Waals surface area contributed by atoms with Crippen LogP contribution in [0, 0.1) is 46.3 Å². The van der Waals surface area contributed by atoms with Crippen LogP contribution in [0.25, 0.3) is 0 Å². The van der Waals surface area contributed by atoms with Crippen LogP contribution in [0.2, 0.25) is 0 Å². The van der Waals surface area contributed by atoms with E-state index in [0.717, 1.165) is 38.7 Å². The fourth-order valence-electron chi connectivity index (χ4n) is 10.5. The van der Waals surface area contributed by atoms with Crippen LogP contribution >= 0.6 is 0 Å². The monoisotopic (exact) mass is 542 g/mol. The van der Waals surface area contributed by atoms with Crippen LogP contribution in [0.5, 0.6) is 0 Å². The SMILES string of the molecule is C[C@@H]1CC[C@@]2(OC1)O[C@H]1C[C@H]3[C@@H]4CC=C5CC(NC(=O)CC(=O)NCCO)CC[C@]5(C)[C@H]4CC[C@]3(C)[C@H]1[C@@H]2C. The number of rotatable bonds is 5. The van der Waals surface area contributed by atoms with Crippen molar-refractivity contribution in [3.05, 3.63) is 11.6 Å². The van der Waals surface area contributed by atoms with Gasteiger partial charge in [0.1, 0.15) is 6.42 Å². The van der Waals surface area contributed by atoms with Gasteiger partial charge in [0, 0.05) is 24.9 Å². The van der Waals surface area contributed by atoms with Crippen molar-refractivity contribution in [1.29, 1.82) is 0 Å². The van der Waals surface area contributed by atoms with Crippen molar-refractivity contribution in [2.75, 3.05) is 19.8 Å². The number of amides is 2. The van der Waals surface area contributed by atoms with Gasteiger partial charge in [0.25, 0.3) is 0 Å². The molecule has 2 aliphatic heterocycles. The zero-order chi connectivity index (χ0) is 27.6. The van der Waals surface area contributed by atoms with Gasteiger partial charge in [-0.2, -0.15) is 0 Å². The largest absolute Gasteiger partial charge is 0.395 e. The van der Waals surface area contributed by atoms with Gasteiger partial charge < -0.3 is 25.2 Å². The highest BCUT2D eigenvalue weighted by molar-refractivity contribution is 5.96. The minimum atomic E-state index is -0.347. The second-order valence-electron chi connectivity index (χ2n) is 14.5. The van der Waals surface area contributed by atoms with Crippen molar-refractivity contribution in [3.63, 3.8) is 0 Å². The Morgan fingerprint density at radius 1 is 1.08 bits per heavy atom. The van der Waals surface area contributed by atoms with E-state index < -0.39 is 0 Å². The van der Waals surface area contributed by atoms with Gasteiger partial charge in [0.15, 0.2) is 5.79 Å². The van der Waals surface area contributed by atoms with Crippen LogP contribution in [0.4, 0.5) is 0 Å². The lowest BCUT2D eigenvalue weighted by Gasteiger charge is -2.58. The third-order valence-electron chi connectivity index (χ3n) is 12.5. The van der Waals surface area contributed by atoms with Gasteiger partial charge in [-0.3, -0.25) is 9.59 Å². The molecule has 1 spiro atoms. The number of nitrogens with one attached hydrogen (secondary N) is 2. The lowest BCUT2D eigenvalue weighted by Crippen LogP contribution is -2.53.